The Morgan fingerprint density at radius 3 is 2.46 bits per heavy atom. The number of carbonyl (C=O) groups is 1. The van der Waals surface area contributed by atoms with E-state index in [2.05, 4.69) is 14.7 Å². The van der Waals surface area contributed by atoms with Crippen molar-refractivity contribution in [3.05, 3.63) is 70.5 Å². The molecule has 0 saturated heterocycles. The lowest BCUT2D eigenvalue weighted by molar-refractivity contribution is 0.103. The third-order valence-electron chi connectivity index (χ3n) is 3.52. The van der Waals surface area contributed by atoms with Gasteiger partial charge in [-0.25, -0.2) is 4.98 Å². The van der Waals surface area contributed by atoms with Gasteiger partial charge in [0.05, 0.1) is 11.4 Å². The predicted octanol–water partition coefficient (Wildman–Crippen LogP) is 3.37. The predicted molar refractivity (Wildman–Crippen MR) is 95.9 cm³/mol. The fraction of sp³-hybridized carbons (Fsp3) is 0.118. The first-order chi connectivity index (χ1) is 12.3. The van der Waals surface area contributed by atoms with Gasteiger partial charge in [-0.2, -0.15) is 8.42 Å². The third kappa shape index (κ3) is 3.61. The van der Waals surface area contributed by atoms with Crippen LogP contribution in [0.4, 0.5) is 5.69 Å². The van der Waals surface area contributed by atoms with Gasteiger partial charge >= 0.3 is 0 Å². The van der Waals surface area contributed by atoms with Crippen molar-refractivity contribution in [1.82, 2.24) is 9.97 Å². The molecular formula is C17H14ClN3O4S. The van der Waals surface area contributed by atoms with Crippen molar-refractivity contribution in [2.24, 2.45) is 0 Å². The maximum Gasteiger partial charge on any atom is 0.297 e. The maximum absolute atomic E-state index is 12.8. The number of oxazole rings is 1. The number of hydrogen-bond donors (Lipinski definition) is 1. The second-order valence-electron chi connectivity index (χ2n) is 5.47. The zero-order chi connectivity index (χ0) is 18.9. The number of hydrogen-bond acceptors (Lipinski definition) is 6. The summed E-state index contributed by atoms with van der Waals surface area (Å²) in [6.07, 6.45) is 2.95. The Labute approximate surface area is 155 Å². The van der Waals surface area contributed by atoms with Crippen molar-refractivity contribution < 1.29 is 17.6 Å². The second kappa shape index (κ2) is 6.89. The van der Waals surface area contributed by atoms with E-state index in [1.54, 1.807) is 6.92 Å². The lowest BCUT2D eigenvalue weighted by Gasteiger charge is -2.11. The normalized spacial score (nSPS) is 11.3. The minimum atomic E-state index is -4.06. The summed E-state index contributed by atoms with van der Waals surface area (Å²) in [5.74, 6) is -0.162. The number of aromatic nitrogens is 2. The highest BCUT2D eigenvalue weighted by atomic mass is 35.5. The topological polar surface area (TPSA) is 102 Å². The first-order valence-corrected chi connectivity index (χ1v) is 9.35. The molecule has 3 aromatic rings. The van der Waals surface area contributed by atoms with Crippen LogP contribution >= 0.6 is 11.6 Å². The summed E-state index contributed by atoms with van der Waals surface area (Å²) in [7, 11) is -4.06. The van der Waals surface area contributed by atoms with Gasteiger partial charge in [0.1, 0.15) is 0 Å². The standard InChI is InChI=1S/C17H14ClN3O4S/c1-10-17(25-11(2)20-10)26(23,24)21-15-4-3-13(18)9-14(15)16(22)12-5-7-19-8-6-12/h3-9,21H,1-2H3. The molecule has 134 valence electrons. The van der Waals surface area contributed by atoms with Crippen molar-refractivity contribution in [3.63, 3.8) is 0 Å². The van der Waals surface area contributed by atoms with E-state index in [-0.39, 0.29) is 27.9 Å². The molecule has 2 heterocycles. The van der Waals surface area contributed by atoms with E-state index in [9.17, 15) is 13.2 Å². The Morgan fingerprint density at radius 2 is 1.85 bits per heavy atom. The van der Waals surface area contributed by atoms with Crippen LogP contribution in [-0.4, -0.2) is 24.2 Å². The quantitative estimate of drug-likeness (QED) is 0.669. The number of halogens is 1. The zero-order valence-corrected chi connectivity index (χ0v) is 15.4. The molecule has 0 radical (unpaired) electrons. The molecule has 1 aromatic carbocycles. The van der Waals surface area contributed by atoms with Crippen molar-refractivity contribution in [2.75, 3.05) is 4.72 Å². The molecule has 9 heteroatoms. The number of nitrogens with one attached hydrogen (secondary N) is 1. The van der Waals surface area contributed by atoms with E-state index >= 15 is 0 Å². The maximum atomic E-state index is 12.8. The van der Waals surface area contributed by atoms with Crippen LogP contribution in [0.15, 0.2) is 52.2 Å². The van der Waals surface area contributed by atoms with E-state index < -0.39 is 15.8 Å². The average Bonchev–Trinajstić information content (AvgIpc) is 2.96. The molecule has 0 aliphatic rings. The number of sulfonamides is 1. The van der Waals surface area contributed by atoms with Gasteiger partial charge in [0.2, 0.25) is 0 Å². The number of nitrogens with zero attached hydrogens (tertiary/aromatic N) is 2. The molecule has 3 rings (SSSR count). The fourth-order valence-electron chi connectivity index (χ4n) is 2.41. The lowest BCUT2D eigenvalue weighted by Crippen LogP contribution is -2.16. The highest BCUT2D eigenvalue weighted by Gasteiger charge is 2.25. The van der Waals surface area contributed by atoms with Crippen LogP contribution < -0.4 is 4.72 Å². The summed E-state index contributed by atoms with van der Waals surface area (Å²) < 4.78 is 32.8. The van der Waals surface area contributed by atoms with E-state index in [0.717, 1.165) is 0 Å². The van der Waals surface area contributed by atoms with Crippen molar-refractivity contribution >= 4 is 33.1 Å². The Balaban J connectivity index is 2.04. The van der Waals surface area contributed by atoms with E-state index in [4.69, 9.17) is 16.0 Å². The van der Waals surface area contributed by atoms with E-state index in [0.29, 0.717) is 10.6 Å². The highest BCUT2D eigenvalue weighted by molar-refractivity contribution is 7.92. The SMILES string of the molecule is Cc1nc(C)c(S(=O)(=O)Nc2ccc(Cl)cc2C(=O)c2ccncc2)o1. The number of carbonyl (C=O) groups excluding carboxylic acids is 1. The minimum absolute atomic E-state index is 0.0877. The van der Waals surface area contributed by atoms with Crippen LogP contribution in [0.25, 0.3) is 0 Å². The summed E-state index contributed by atoms with van der Waals surface area (Å²) in [4.78, 5) is 20.6. The molecule has 0 fully saturated rings. The van der Waals surface area contributed by atoms with Gasteiger partial charge in [-0.05, 0) is 37.3 Å². The Kier molecular flexibility index (Phi) is 4.80. The van der Waals surface area contributed by atoms with Gasteiger partial charge in [-0.15, -0.1) is 0 Å². The number of pyridine rings is 1. The van der Waals surface area contributed by atoms with Crippen LogP contribution in [0, 0.1) is 13.8 Å². The highest BCUT2D eigenvalue weighted by Crippen LogP contribution is 2.27. The first kappa shape index (κ1) is 18.1. The molecule has 0 bridgehead atoms. The number of aryl methyl sites for hydroxylation is 2. The van der Waals surface area contributed by atoms with Gasteiger partial charge in [0.15, 0.2) is 11.7 Å². The van der Waals surface area contributed by atoms with Gasteiger partial charge in [-0.3, -0.25) is 14.5 Å². The molecule has 0 spiro atoms. The molecule has 26 heavy (non-hydrogen) atoms. The molecule has 0 unspecified atom stereocenters. The van der Waals surface area contributed by atoms with Crippen LogP contribution in [0.3, 0.4) is 0 Å². The summed E-state index contributed by atoms with van der Waals surface area (Å²) >= 11 is 5.99. The molecule has 0 aliphatic carbocycles. The number of rotatable bonds is 5. The third-order valence-corrected chi connectivity index (χ3v) is 5.11. The molecule has 1 N–H and O–H groups in total. The van der Waals surface area contributed by atoms with Gasteiger partial charge in [0, 0.05) is 35.5 Å². The average molecular weight is 392 g/mol. The number of benzene rings is 1. The molecule has 0 atom stereocenters. The van der Waals surface area contributed by atoms with Crippen molar-refractivity contribution in [1.29, 1.82) is 0 Å². The minimum Gasteiger partial charge on any atom is -0.427 e. The van der Waals surface area contributed by atoms with Crippen LogP contribution in [0.1, 0.15) is 27.5 Å². The smallest absolute Gasteiger partial charge is 0.297 e. The Hall–Kier alpha value is -2.71. The van der Waals surface area contributed by atoms with Gasteiger partial charge in [-0.1, -0.05) is 11.6 Å². The summed E-state index contributed by atoms with van der Waals surface area (Å²) in [5.41, 5.74) is 0.784. The summed E-state index contributed by atoms with van der Waals surface area (Å²) in [5, 5.41) is 0.00399. The Morgan fingerprint density at radius 1 is 1.15 bits per heavy atom. The Bertz CT molecular complexity index is 1080. The van der Waals surface area contributed by atoms with Crippen LogP contribution in [0.5, 0.6) is 0 Å². The first-order valence-electron chi connectivity index (χ1n) is 7.49. The molecule has 7 nitrogen and oxygen atoms in total. The van der Waals surface area contributed by atoms with E-state index in [1.807, 2.05) is 0 Å². The lowest BCUT2D eigenvalue weighted by atomic mass is 10.0. The molecular weight excluding hydrogens is 378 g/mol. The second-order valence-corrected chi connectivity index (χ2v) is 7.48. The summed E-state index contributed by atoms with van der Waals surface area (Å²) in [6, 6.07) is 7.38. The molecule has 0 amide bonds. The van der Waals surface area contributed by atoms with Crippen LogP contribution in [-0.2, 0) is 10.0 Å². The summed E-state index contributed by atoms with van der Waals surface area (Å²) in [6.45, 7) is 3.07. The molecule has 2 aromatic heterocycles. The number of ketones is 1. The molecule has 0 aliphatic heterocycles. The van der Waals surface area contributed by atoms with Crippen molar-refractivity contribution in [3.8, 4) is 0 Å². The molecule has 0 saturated carbocycles. The fourth-order valence-corrected chi connectivity index (χ4v) is 3.80. The van der Waals surface area contributed by atoms with Gasteiger partial charge in [0.25, 0.3) is 15.1 Å². The van der Waals surface area contributed by atoms with Gasteiger partial charge < -0.3 is 4.42 Å². The van der Waals surface area contributed by atoms with E-state index in [1.165, 1.54) is 49.6 Å². The zero-order valence-electron chi connectivity index (χ0n) is 13.9. The van der Waals surface area contributed by atoms with Crippen molar-refractivity contribution in [2.45, 2.75) is 18.9 Å². The largest absolute Gasteiger partial charge is 0.427 e. The number of anilines is 1. The monoisotopic (exact) mass is 391 g/mol. The van der Waals surface area contributed by atoms with Crippen LogP contribution in [0.2, 0.25) is 5.02 Å².